The lowest BCUT2D eigenvalue weighted by Gasteiger charge is -2.08. The van der Waals surface area contributed by atoms with Crippen LogP contribution >= 0.6 is 0 Å². The number of nitrogens with one attached hydrogen (secondary N) is 1. The van der Waals surface area contributed by atoms with Crippen LogP contribution in [0.15, 0.2) is 78.9 Å². The summed E-state index contributed by atoms with van der Waals surface area (Å²) in [6.07, 6.45) is 0. The van der Waals surface area contributed by atoms with Crippen LogP contribution in [-0.2, 0) is 11.3 Å². The number of methoxy groups -OCH3 is 1. The van der Waals surface area contributed by atoms with E-state index in [0.29, 0.717) is 16.9 Å². The third-order valence-electron chi connectivity index (χ3n) is 3.94. The van der Waals surface area contributed by atoms with Gasteiger partial charge in [-0.3, -0.25) is 4.79 Å². The summed E-state index contributed by atoms with van der Waals surface area (Å²) in [7, 11) is 1.57. The molecular weight excluding hydrogens is 342 g/mol. The summed E-state index contributed by atoms with van der Waals surface area (Å²) >= 11 is 0. The molecule has 0 heterocycles. The first-order chi connectivity index (χ1) is 13.2. The van der Waals surface area contributed by atoms with Gasteiger partial charge in [0.1, 0.15) is 12.4 Å². The molecule has 0 aliphatic heterocycles. The minimum atomic E-state index is -0.413. The Bertz CT molecular complexity index is 903. The van der Waals surface area contributed by atoms with Crippen LogP contribution in [0.2, 0.25) is 0 Å². The van der Waals surface area contributed by atoms with E-state index in [2.05, 4.69) is 5.32 Å². The number of carbonyl (C=O) groups excluding carboxylic acids is 2. The summed E-state index contributed by atoms with van der Waals surface area (Å²) in [5.74, 6) is 0.0717. The fourth-order valence-electron chi connectivity index (χ4n) is 2.44. The van der Waals surface area contributed by atoms with Crippen molar-refractivity contribution >= 4 is 17.6 Å². The van der Waals surface area contributed by atoms with Crippen LogP contribution in [0.25, 0.3) is 0 Å². The fourth-order valence-corrected chi connectivity index (χ4v) is 2.44. The zero-order valence-electron chi connectivity index (χ0n) is 14.8. The summed E-state index contributed by atoms with van der Waals surface area (Å²) in [5.41, 5.74) is 2.52. The Morgan fingerprint density at radius 3 is 2.07 bits per heavy atom. The van der Waals surface area contributed by atoms with Crippen molar-refractivity contribution in [3.05, 3.63) is 95.6 Å². The molecule has 0 aliphatic rings. The summed E-state index contributed by atoms with van der Waals surface area (Å²) in [4.78, 5) is 24.3. The number of amides is 1. The van der Waals surface area contributed by atoms with Gasteiger partial charge < -0.3 is 14.8 Å². The van der Waals surface area contributed by atoms with Gasteiger partial charge in [-0.1, -0.05) is 30.3 Å². The molecule has 27 heavy (non-hydrogen) atoms. The number of hydrogen-bond acceptors (Lipinski definition) is 4. The van der Waals surface area contributed by atoms with E-state index in [1.807, 2.05) is 30.3 Å². The minimum absolute atomic E-state index is 0.130. The van der Waals surface area contributed by atoms with Crippen molar-refractivity contribution in [1.29, 1.82) is 0 Å². The summed E-state index contributed by atoms with van der Waals surface area (Å²) < 4.78 is 10.4. The van der Waals surface area contributed by atoms with Crippen molar-refractivity contribution in [2.75, 3.05) is 12.4 Å². The molecule has 0 radical (unpaired) electrons. The SMILES string of the molecule is COc1ccc(C(=O)OCc2ccc(C(=O)Nc3ccccc3)cc2)cc1. The second kappa shape index (κ2) is 8.67. The zero-order valence-corrected chi connectivity index (χ0v) is 14.8. The normalized spacial score (nSPS) is 10.1. The Labute approximate surface area is 157 Å². The molecule has 0 unspecified atom stereocenters. The number of carbonyl (C=O) groups is 2. The van der Waals surface area contributed by atoms with Crippen molar-refractivity contribution in [3.8, 4) is 5.75 Å². The molecule has 0 bridgehead atoms. The molecule has 1 amide bonds. The average Bonchev–Trinajstić information content (AvgIpc) is 2.73. The quantitative estimate of drug-likeness (QED) is 0.665. The lowest BCUT2D eigenvalue weighted by molar-refractivity contribution is 0.0472. The van der Waals surface area contributed by atoms with Crippen molar-refractivity contribution in [2.45, 2.75) is 6.61 Å². The van der Waals surface area contributed by atoms with Crippen LogP contribution in [0.5, 0.6) is 5.75 Å². The first-order valence-corrected chi connectivity index (χ1v) is 8.42. The highest BCUT2D eigenvalue weighted by atomic mass is 16.5. The molecule has 5 nitrogen and oxygen atoms in total. The number of ether oxygens (including phenoxy) is 2. The largest absolute Gasteiger partial charge is 0.497 e. The molecule has 3 aromatic carbocycles. The van der Waals surface area contributed by atoms with E-state index < -0.39 is 5.97 Å². The highest BCUT2D eigenvalue weighted by Crippen LogP contribution is 2.14. The zero-order chi connectivity index (χ0) is 19.1. The summed E-state index contributed by atoms with van der Waals surface area (Å²) in [6, 6.07) is 22.9. The monoisotopic (exact) mass is 361 g/mol. The van der Waals surface area contributed by atoms with Gasteiger partial charge in [-0.15, -0.1) is 0 Å². The third-order valence-corrected chi connectivity index (χ3v) is 3.94. The Morgan fingerprint density at radius 2 is 1.44 bits per heavy atom. The van der Waals surface area contributed by atoms with Crippen LogP contribution in [0.3, 0.4) is 0 Å². The van der Waals surface area contributed by atoms with Gasteiger partial charge in [-0.25, -0.2) is 4.79 Å². The van der Waals surface area contributed by atoms with E-state index >= 15 is 0 Å². The predicted octanol–water partition coefficient (Wildman–Crippen LogP) is 4.30. The molecule has 0 aromatic heterocycles. The number of rotatable bonds is 6. The minimum Gasteiger partial charge on any atom is -0.497 e. The van der Waals surface area contributed by atoms with E-state index in [-0.39, 0.29) is 12.5 Å². The van der Waals surface area contributed by atoms with Crippen molar-refractivity contribution in [3.63, 3.8) is 0 Å². The van der Waals surface area contributed by atoms with Gasteiger partial charge >= 0.3 is 5.97 Å². The number of hydrogen-bond donors (Lipinski definition) is 1. The average molecular weight is 361 g/mol. The molecule has 1 N–H and O–H groups in total. The maximum atomic E-state index is 12.2. The van der Waals surface area contributed by atoms with Gasteiger partial charge in [0.2, 0.25) is 0 Å². The van der Waals surface area contributed by atoms with E-state index in [1.54, 1.807) is 55.6 Å². The Kier molecular flexibility index (Phi) is 5.84. The molecule has 0 saturated heterocycles. The van der Waals surface area contributed by atoms with Crippen LogP contribution in [-0.4, -0.2) is 19.0 Å². The van der Waals surface area contributed by atoms with Crippen LogP contribution < -0.4 is 10.1 Å². The lowest BCUT2D eigenvalue weighted by Crippen LogP contribution is -2.11. The Balaban J connectivity index is 1.55. The first kappa shape index (κ1) is 18.2. The number of para-hydroxylation sites is 1. The van der Waals surface area contributed by atoms with Gasteiger partial charge in [-0.2, -0.15) is 0 Å². The maximum Gasteiger partial charge on any atom is 0.338 e. The molecule has 0 fully saturated rings. The topological polar surface area (TPSA) is 64.6 Å². The van der Waals surface area contributed by atoms with E-state index in [1.165, 1.54) is 0 Å². The highest BCUT2D eigenvalue weighted by Gasteiger charge is 2.09. The number of benzene rings is 3. The van der Waals surface area contributed by atoms with Gasteiger partial charge in [0.25, 0.3) is 5.91 Å². The summed E-state index contributed by atoms with van der Waals surface area (Å²) in [6.45, 7) is 0.130. The standard InChI is InChI=1S/C22H19NO4/c1-26-20-13-11-18(12-14-20)22(25)27-15-16-7-9-17(10-8-16)21(24)23-19-5-3-2-4-6-19/h2-14H,15H2,1H3,(H,23,24). The van der Waals surface area contributed by atoms with Crippen molar-refractivity contribution in [2.24, 2.45) is 0 Å². The first-order valence-electron chi connectivity index (χ1n) is 8.42. The predicted molar refractivity (Wildman–Crippen MR) is 103 cm³/mol. The third kappa shape index (κ3) is 4.95. The Morgan fingerprint density at radius 1 is 0.815 bits per heavy atom. The summed E-state index contributed by atoms with van der Waals surface area (Å²) in [5, 5.41) is 2.82. The molecule has 3 aromatic rings. The van der Waals surface area contributed by atoms with Gasteiger partial charge in [0.05, 0.1) is 12.7 Å². The number of esters is 1. The van der Waals surface area contributed by atoms with E-state index in [4.69, 9.17) is 9.47 Å². The van der Waals surface area contributed by atoms with E-state index in [9.17, 15) is 9.59 Å². The molecule has 0 spiro atoms. The smallest absolute Gasteiger partial charge is 0.338 e. The van der Waals surface area contributed by atoms with Gasteiger partial charge in [0, 0.05) is 11.3 Å². The van der Waals surface area contributed by atoms with Crippen molar-refractivity contribution in [1.82, 2.24) is 0 Å². The van der Waals surface area contributed by atoms with Gasteiger partial charge in [0.15, 0.2) is 0 Å². The molecule has 136 valence electrons. The molecule has 5 heteroatoms. The molecule has 3 rings (SSSR count). The van der Waals surface area contributed by atoms with Crippen molar-refractivity contribution < 1.29 is 19.1 Å². The Hall–Kier alpha value is -3.60. The van der Waals surface area contributed by atoms with Crippen LogP contribution in [0.4, 0.5) is 5.69 Å². The van der Waals surface area contributed by atoms with Gasteiger partial charge in [-0.05, 0) is 54.1 Å². The lowest BCUT2D eigenvalue weighted by atomic mass is 10.1. The second-order valence-electron chi connectivity index (χ2n) is 5.82. The highest BCUT2D eigenvalue weighted by molar-refractivity contribution is 6.04. The molecular formula is C22H19NO4. The van der Waals surface area contributed by atoms with E-state index in [0.717, 1.165) is 11.3 Å². The van der Waals surface area contributed by atoms with Crippen LogP contribution in [0.1, 0.15) is 26.3 Å². The maximum absolute atomic E-state index is 12.2. The fraction of sp³-hybridized carbons (Fsp3) is 0.0909. The second-order valence-corrected chi connectivity index (χ2v) is 5.82. The van der Waals surface area contributed by atoms with Crippen LogP contribution in [0, 0.1) is 0 Å². The molecule has 0 saturated carbocycles. The number of anilines is 1. The molecule has 0 aliphatic carbocycles. The molecule has 0 atom stereocenters.